The van der Waals surface area contributed by atoms with Gasteiger partial charge in [0.15, 0.2) is 11.5 Å². The summed E-state index contributed by atoms with van der Waals surface area (Å²) >= 11 is 0. The van der Waals surface area contributed by atoms with Crippen molar-refractivity contribution in [1.82, 2.24) is 9.88 Å². The summed E-state index contributed by atoms with van der Waals surface area (Å²) in [6.45, 7) is 1.23. The topological polar surface area (TPSA) is 51.7 Å². The summed E-state index contributed by atoms with van der Waals surface area (Å²) in [7, 11) is 0. The molecule has 0 spiro atoms. The first-order chi connectivity index (χ1) is 13.8. The van der Waals surface area contributed by atoms with Gasteiger partial charge in [-0.05, 0) is 36.2 Å². The molecule has 0 N–H and O–H groups in total. The van der Waals surface area contributed by atoms with Gasteiger partial charge in [-0.3, -0.25) is 9.78 Å². The first kappa shape index (κ1) is 18.0. The Morgan fingerprint density at radius 2 is 1.71 bits per heavy atom. The van der Waals surface area contributed by atoms with Crippen molar-refractivity contribution in [3.05, 3.63) is 90.3 Å². The Balaban J connectivity index is 1.49. The number of amides is 1. The van der Waals surface area contributed by atoms with Crippen LogP contribution in [0.15, 0.2) is 79.0 Å². The van der Waals surface area contributed by atoms with Gasteiger partial charge in [-0.15, -0.1) is 0 Å². The van der Waals surface area contributed by atoms with Gasteiger partial charge in [0.2, 0.25) is 6.10 Å². The van der Waals surface area contributed by atoms with Crippen molar-refractivity contribution < 1.29 is 14.3 Å². The second kappa shape index (κ2) is 8.57. The fraction of sp³-hybridized carbons (Fsp3) is 0.217. The van der Waals surface area contributed by atoms with E-state index < -0.39 is 6.10 Å². The number of pyridine rings is 1. The largest absolute Gasteiger partial charge is 0.485 e. The van der Waals surface area contributed by atoms with Crippen LogP contribution in [0.2, 0.25) is 0 Å². The lowest BCUT2D eigenvalue weighted by Crippen LogP contribution is -2.46. The number of hydrogen-bond donors (Lipinski definition) is 0. The van der Waals surface area contributed by atoms with Crippen molar-refractivity contribution in [1.29, 1.82) is 0 Å². The molecule has 3 aromatic rings. The molecular weight excluding hydrogens is 352 g/mol. The summed E-state index contributed by atoms with van der Waals surface area (Å²) in [6.07, 6.45) is 1.85. The van der Waals surface area contributed by atoms with Gasteiger partial charge in [-0.2, -0.15) is 0 Å². The van der Waals surface area contributed by atoms with Crippen LogP contribution in [0.3, 0.4) is 0 Å². The number of para-hydroxylation sites is 2. The molecule has 1 aliphatic rings. The maximum absolute atomic E-state index is 13.2. The molecule has 1 atom stereocenters. The first-order valence-electron chi connectivity index (χ1n) is 9.41. The third kappa shape index (κ3) is 4.31. The van der Waals surface area contributed by atoms with Crippen molar-refractivity contribution in [2.75, 3.05) is 13.2 Å². The Hall–Kier alpha value is -3.34. The normalized spacial score (nSPS) is 15.1. The Bertz CT molecular complexity index is 915. The van der Waals surface area contributed by atoms with Crippen LogP contribution in [-0.2, 0) is 17.8 Å². The monoisotopic (exact) mass is 374 g/mol. The van der Waals surface area contributed by atoms with Crippen molar-refractivity contribution in [3.63, 3.8) is 0 Å². The van der Waals surface area contributed by atoms with Crippen LogP contribution in [0.4, 0.5) is 0 Å². The Kier molecular flexibility index (Phi) is 5.52. The smallest absolute Gasteiger partial charge is 0.267 e. The lowest BCUT2D eigenvalue weighted by atomic mass is 10.1. The quantitative estimate of drug-likeness (QED) is 0.663. The van der Waals surface area contributed by atoms with Gasteiger partial charge in [-0.25, -0.2) is 0 Å². The third-order valence-corrected chi connectivity index (χ3v) is 4.69. The predicted molar refractivity (Wildman–Crippen MR) is 106 cm³/mol. The molecule has 1 aromatic heterocycles. The molecule has 0 saturated carbocycles. The number of aromatic nitrogens is 1. The summed E-state index contributed by atoms with van der Waals surface area (Å²) < 4.78 is 11.7. The zero-order valence-corrected chi connectivity index (χ0v) is 15.5. The number of rotatable bonds is 6. The van der Waals surface area contributed by atoms with E-state index >= 15 is 0 Å². The second-order valence-corrected chi connectivity index (χ2v) is 6.68. The fourth-order valence-electron chi connectivity index (χ4n) is 3.21. The third-order valence-electron chi connectivity index (χ3n) is 4.69. The Morgan fingerprint density at radius 3 is 2.50 bits per heavy atom. The Labute approximate surface area is 164 Å². The highest BCUT2D eigenvalue weighted by Gasteiger charge is 2.31. The molecule has 28 heavy (non-hydrogen) atoms. The van der Waals surface area contributed by atoms with Gasteiger partial charge in [0.05, 0.1) is 12.2 Å². The molecule has 5 heteroatoms. The van der Waals surface area contributed by atoms with Crippen LogP contribution < -0.4 is 9.47 Å². The van der Waals surface area contributed by atoms with Crippen molar-refractivity contribution in [2.45, 2.75) is 19.1 Å². The van der Waals surface area contributed by atoms with E-state index in [1.54, 1.807) is 11.1 Å². The zero-order chi connectivity index (χ0) is 19.2. The molecule has 142 valence electrons. The molecule has 0 aliphatic carbocycles. The molecule has 0 fully saturated rings. The second-order valence-electron chi connectivity index (χ2n) is 6.68. The molecule has 5 nitrogen and oxygen atoms in total. The lowest BCUT2D eigenvalue weighted by molar-refractivity contribution is -0.141. The molecule has 2 aromatic carbocycles. The maximum atomic E-state index is 13.2. The van der Waals surface area contributed by atoms with E-state index in [0.717, 1.165) is 12.1 Å². The standard InChI is InChI=1S/C23H22N2O3/c26-23(22-17-27-20-11-4-5-12-21(20)28-22)25(16-19-10-6-7-14-24-19)15-13-18-8-2-1-3-9-18/h1-12,14,22H,13,15-17H2/t22-/m0/s1. The van der Waals surface area contributed by atoms with Crippen molar-refractivity contribution in [3.8, 4) is 11.5 Å². The van der Waals surface area contributed by atoms with Gasteiger partial charge in [0.25, 0.3) is 5.91 Å². The molecule has 2 heterocycles. The molecule has 0 radical (unpaired) electrons. The first-order valence-corrected chi connectivity index (χ1v) is 9.41. The number of ether oxygens (including phenoxy) is 2. The van der Waals surface area contributed by atoms with Crippen LogP contribution >= 0.6 is 0 Å². The average Bonchev–Trinajstić information content (AvgIpc) is 2.77. The van der Waals surface area contributed by atoms with Gasteiger partial charge < -0.3 is 14.4 Å². The summed E-state index contributed by atoms with van der Waals surface area (Å²) in [6, 6.07) is 23.3. The van der Waals surface area contributed by atoms with Crippen LogP contribution in [0.5, 0.6) is 11.5 Å². The maximum Gasteiger partial charge on any atom is 0.267 e. The summed E-state index contributed by atoms with van der Waals surface area (Å²) in [5, 5.41) is 0. The highest BCUT2D eigenvalue weighted by Crippen LogP contribution is 2.31. The van der Waals surface area contributed by atoms with Gasteiger partial charge in [-0.1, -0.05) is 48.5 Å². The minimum Gasteiger partial charge on any atom is -0.485 e. The van der Waals surface area contributed by atoms with E-state index in [2.05, 4.69) is 17.1 Å². The minimum atomic E-state index is -0.658. The number of benzene rings is 2. The number of carbonyl (C=O) groups excluding carboxylic acids is 1. The highest BCUT2D eigenvalue weighted by atomic mass is 16.6. The number of nitrogens with zero attached hydrogens (tertiary/aromatic N) is 2. The summed E-state index contributed by atoms with van der Waals surface area (Å²) in [5.74, 6) is 1.19. The van der Waals surface area contributed by atoms with Gasteiger partial charge in [0, 0.05) is 12.7 Å². The van der Waals surface area contributed by atoms with E-state index in [9.17, 15) is 4.79 Å². The molecule has 1 aliphatic heterocycles. The molecule has 0 saturated heterocycles. The predicted octanol–water partition coefficient (Wildman–Crippen LogP) is 3.49. The summed E-state index contributed by atoms with van der Waals surface area (Å²) in [5.41, 5.74) is 2.04. The van der Waals surface area contributed by atoms with E-state index in [4.69, 9.17) is 9.47 Å². The van der Waals surface area contributed by atoms with Gasteiger partial charge in [0.1, 0.15) is 6.61 Å². The molecule has 0 unspecified atom stereocenters. The van der Waals surface area contributed by atoms with E-state index in [-0.39, 0.29) is 12.5 Å². The van der Waals surface area contributed by atoms with Crippen LogP contribution in [0.25, 0.3) is 0 Å². The average molecular weight is 374 g/mol. The molecule has 0 bridgehead atoms. The number of carbonyl (C=O) groups is 1. The fourth-order valence-corrected chi connectivity index (χ4v) is 3.21. The van der Waals surface area contributed by atoms with Gasteiger partial charge >= 0.3 is 0 Å². The van der Waals surface area contributed by atoms with Crippen LogP contribution in [0.1, 0.15) is 11.3 Å². The lowest BCUT2D eigenvalue weighted by Gasteiger charge is -2.30. The Morgan fingerprint density at radius 1 is 0.964 bits per heavy atom. The SMILES string of the molecule is O=C([C@@H]1COc2ccccc2O1)N(CCc1ccccc1)Cc1ccccn1. The molecular formula is C23H22N2O3. The van der Waals surface area contributed by atoms with Crippen LogP contribution in [-0.4, -0.2) is 35.0 Å². The number of hydrogen-bond acceptors (Lipinski definition) is 4. The van der Waals surface area contributed by atoms with E-state index in [1.165, 1.54) is 5.56 Å². The van der Waals surface area contributed by atoms with Crippen LogP contribution in [0, 0.1) is 0 Å². The minimum absolute atomic E-state index is 0.0870. The van der Waals surface area contributed by atoms with Crippen molar-refractivity contribution in [2.24, 2.45) is 0 Å². The highest BCUT2D eigenvalue weighted by molar-refractivity contribution is 5.82. The van der Waals surface area contributed by atoms with E-state index in [1.807, 2.05) is 60.7 Å². The number of fused-ring (bicyclic) bond motifs is 1. The van der Waals surface area contributed by atoms with E-state index in [0.29, 0.717) is 24.6 Å². The summed E-state index contributed by atoms with van der Waals surface area (Å²) in [4.78, 5) is 19.4. The molecule has 1 amide bonds. The zero-order valence-electron chi connectivity index (χ0n) is 15.5. The van der Waals surface area contributed by atoms with Crippen molar-refractivity contribution >= 4 is 5.91 Å². The molecule has 4 rings (SSSR count).